The molecule has 0 aliphatic rings. The van der Waals surface area contributed by atoms with E-state index in [1.807, 2.05) is 11.8 Å². The van der Waals surface area contributed by atoms with Crippen LogP contribution in [0.1, 0.15) is 24.4 Å². The number of rotatable bonds is 9. The van der Waals surface area contributed by atoms with Gasteiger partial charge in [-0.3, -0.25) is 0 Å². The molecule has 0 saturated carbocycles. The lowest BCUT2D eigenvalue weighted by Crippen LogP contribution is -2.14. The minimum atomic E-state index is 0.855. The van der Waals surface area contributed by atoms with Gasteiger partial charge in [0.15, 0.2) is 0 Å². The minimum Gasteiger partial charge on any atom is -0.464 e. The first-order valence-electron chi connectivity index (χ1n) is 5.63. The van der Waals surface area contributed by atoms with E-state index in [0.29, 0.717) is 0 Å². The summed E-state index contributed by atoms with van der Waals surface area (Å²) in [5, 5.41) is 3.41. The van der Waals surface area contributed by atoms with Crippen molar-refractivity contribution in [2.75, 3.05) is 24.8 Å². The summed E-state index contributed by atoms with van der Waals surface area (Å²) in [5.74, 6) is 4.36. The molecular formula is C12H21NOS2. The number of thioether (sulfide) groups is 2. The molecule has 1 aromatic heterocycles. The Morgan fingerprint density at radius 3 is 2.69 bits per heavy atom. The normalized spacial score (nSPS) is 10.9. The van der Waals surface area contributed by atoms with Gasteiger partial charge in [0.2, 0.25) is 0 Å². The van der Waals surface area contributed by atoms with Gasteiger partial charge in [0.25, 0.3) is 0 Å². The molecule has 0 aliphatic carbocycles. The molecule has 0 aromatic carbocycles. The van der Waals surface area contributed by atoms with Crippen molar-refractivity contribution in [2.45, 2.75) is 25.1 Å². The summed E-state index contributed by atoms with van der Waals surface area (Å²) >= 11 is 3.71. The molecule has 0 radical (unpaired) electrons. The maximum Gasteiger partial charge on any atom is 0.117 e. The first-order chi connectivity index (χ1) is 7.86. The van der Waals surface area contributed by atoms with Crippen LogP contribution in [0.15, 0.2) is 16.5 Å². The lowest BCUT2D eigenvalue weighted by atomic mass is 10.3. The Hall–Kier alpha value is -0.0600. The highest BCUT2D eigenvalue weighted by atomic mass is 32.2. The zero-order valence-corrected chi connectivity index (χ0v) is 11.8. The predicted octanol–water partition coefficient (Wildman–Crippen LogP) is 3.38. The molecule has 0 aliphatic heterocycles. The average molecular weight is 259 g/mol. The van der Waals surface area contributed by atoms with E-state index in [4.69, 9.17) is 4.42 Å². The van der Waals surface area contributed by atoms with Crippen molar-refractivity contribution >= 4 is 23.5 Å². The number of furan rings is 1. The molecule has 1 heterocycles. The molecule has 4 heteroatoms. The Bertz CT molecular complexity index is 276. The summed E-state index contributed by atoms with van der Waals surface area (Å²) in [6.07, 6.45) is 6.79. The number of hydrogen-bond donors (Lipinski definition) is 1. The van der Waals surface area contributed by atoms with Crippen LogP contribution in [0.4, 0.5) is 0 Å². The Kier molecular flexibility index (Phi) is 7.89. The van der Waals surface area contributed by atoms with Crippen LogP contribution in [0, 0.1) is 0 Å². The van der Waals surface area contributed by atoms with Gasteiger partial charge in [-0.25, -0.2) is 0 Å². The summed E-state index contributed by atoms with van der Waals surface area (Å²) in [6, 6.07) is 4.14. The lowest BCUT2D eigenvalue weighted by molar-refractivity contribution is 0.458. The Balaban J connectivity index is 2.07. The third-order valence-corrected chi connectivity index (χ3v) is 3.53. The molecule has 0 saturated heterocycles. The summed E-state index contributed by atoms with van der Waals surface area (Å²) in [4.78, 5) is 0. The largest absolute Gasteiger partial charge is 0.464 e. The van der Waals surface area contributed by atoms with E-state index >= 15 is 0 Å². The van der Waals surface area contributed by atoms with Crippen molar-refractivity contribution in [2.24, 2.45) is 0 Å². The third kappa shape index (κ3) is 5.87. The molecular weight excluding hydrogens is 238 g/mol. The fourth-order valence-corrected chi connectivity index (χ4v) is 2.38. The second kappa shape index (κ2) is 9.02. The summed E-state index contributed by atoms with van der Waals surface area (Å²) in [6.45, 7) is 1.94. The monoisotopic (exact) mass is 259 g/mol. The molecule has 92 valence electrons. The smallest absolute Gasteiger partial charge is 0.117 e. The van der Waals surface area contributed by atoms with Crippen molar-refractivity contribution in [1.29, 1.82) is 0 Å². The van der Waals surface area contributed by atoms with Crippen LogP contribution in [-0.2, 0) is 12.3 Å². The first-order valence-corrected chi connectivity index (χ1v) is 8.41. The molecule has 0 fully saturated rings. The minimum absolute atomic E-state index is 0.855. The maximum atomic E-state index is 5.66. The Morgan fingerprint density at radius 1 is 1.12 bits per heavy atom. The fraction of sp³-hybridized carbons (Fsp3) is 0.667. The van der Waals surface area contributed by atoms with E-state index in [0.717, 1.165) is 30.4 Å². The summed E-state index contributed by atoms with van der Waals surface area (Å²) in [7, 11) is 0. The fourth-order valence-electron chi connectivity index (χ4n) is 1.45. The summed E-state index contributed by atoms with van der Waals surface area (Å²) < 4.78 is 5.66. The van der Waals surface area contributed by atoms with Gasteiger partial charge >= 0.3 is 0 Å². The van der Waals surface area contributed by atoms with Crippen LogP contribution in [0.3, 0.4) is 0 Å². The van der Waals surface area contributed by atoms with E-state index in [1.165, 1.54) is 18.6 Å². The van der Waals surface area contributed by atoms with Crippen molar-refractivity contribution in [3.63, 3.8) is 0 Å². The van der Waals surface area contributed by atoms with Crippen molar-refractivity contribution in [3.05, 3.63) is 23.7 Å². The van der Waals surface area contributed by atoms with E-state index < -0.39 is 0 Å². The Morgan fingerprint density at radius 2 is 1.94 bits per heavy atom. The van der Waals surface area contributed by atoms with Gasteiger partial charge in [0, 0.05) is 0 Å². The van der Waals surface area contributed by atoms with Crippen LogP contribution in [0.2, 0.25) is 0 Å². The number of nitrogens with one attached hydrogen (secondary N) is 1. The van der Waals surface area contributed by atoms with E-state index in [-0.39, 0.29) is 0 Å². The van der Waals surface area contributed by atoms with Gasteiger partial charge in [-0.15, -0.1) is 0 Å². The summed E-state index contributed by atoms with van der Waals surface area (Å²) in [5.41, 5.74) is 0. The molecule has 0 unspecified atom stereocenters. The molecule has 1 N–H and O–H groups in total. The predicted molar refractivity (Wildman–Crippen MR) is 75.2 cm³/mol. The zero-order chi connectivity index (χ0) is 11.6. The Labute approximate surface area is 107 Å². The topological polar surface area (TPSA) is 25.2 Å². The molecule has 1 aromatic rings. The van der Waals surface area contributed by atoms with Gasteiger partial charge in [-0.1, -0.05) is 0 Å². The molecule has 0 amide bonds. The third-order valence-electron chi connectivity index (χ3n) is 2.26. The lowest BCUT2D eigenvalue weighted by Gasteiger charge is -2.02. The van der Waals surface area contributed by atoms with Gasteiger partial charge in [0.1, 0.15) is 11.5 Å². The van der Waals surface area contributed by atoms with E-state index in [2.05, 4.69) is 30.0 Å². The van der Waals surface area contributed by atoms with E-state index in [9.17, 15) is 0 Å². The second-order valence-electron chi connectivity index (χ2n) is 3.68. The van der Waals surface area contributed by atoms with Crippen LogP contribution in [-0.4, -0.2) is 24.8 Å². The highest BCUT2D eigenvalue weighted by Gasteiger charge is 2.00. The number of hydrogen-bond acceptors (Lipinski definition) is 4. The molecule has 0 spiro atoms. The number of unbranched alkanes of at least 4 members (excludes halogenated alkanes) is 1. The van der Waals surface area contributed by atoms with Crippen molar-refractivity contribution in [3.8, 4) is 0 Å². The van der Waals surface area contributed by atoms with Gasteiger partial charge < -0.3 is 9.73 Å². The molecule has 0 atom stereocenters. The van der Waals surface area contributed by atoms with Crippen LogP contribution < -0.4 is 5.32 Å². The molecule has 16 heavy (non-hydrogen) atoms. The first kappa shape index (κ1) is 14.0. The molecule has 0 bridgehead atoms. The van der Waals surface area contributed by atoms with Gasteiger partial charge in [-0.05, 0) is 49.8 Å². The second-order valence-corrected chi connectivity index (χ2v) is 5.53. The van der Waals surface area contributed by atoms with E-state index in [1.54, 1.807) is 11.8 Å². The van der Waals surface area contributed by atoms with Crippen LogP contribution in [0.25, 0.3) is 0 Å². The SMILES string of the molecule is CSCCCCNCc1ccc(CSC)o1. The quantitative estimate of drug-likeness (QED) is 0.687. The van der Waals surface area contributed by atoms with Gasteiger partial charge in [0.05, 0.1) is 12.3 Å². The maximum absolute atomic E-state index is 5.66. The highest BCUT2D eigenvalue weighted by Crippen LogP contribution is 2.13. The zero-order valence-electron chi connectivity index (χ0n) is 10.1. The average Bonchev–Trinajstić information content (AvgIpc) is 2.72. The standard InChI is InChI=1S/C12H21NOS2/c1-15-8-4-3-7-13-9-11-5-6-12(14-11)10-16-2/h5-6,13H,3-4,7-10H2,1-2H3. The highest BCUT2D eigenvalue weighted by molar-refractivity contribution is 7.98. The van der Waals surface area contributed by atoms with Crippen molar-refractivity contribution in [1.82, 2.24) is 5.32 Å². The molecule has 1 rings (SSSR count). The van der Waals surface area contributed by atoms with Crippen molar-refractivity contribution < 1.29 is 4.42 Å². The molecule has 2 nitrogen and oxygen atoms in total. The van der Waals surface area contributed by atoms with Gasteiger partial charge in [-0.2, -0.15) is 23.5 Å². The van der Waals surface area contributed by atoms with Crippen LogP contribution >= 0.6 is 23.5 Å². The van der Waals surface area contributed by atoms with Crippen LogP contribution in [0.5, 0.6) is 0 Å².